The van der Waals surface area contributed by atoms with Gasteiger partial charge in [0.15, 0.2) is 5.96 Å². The molecule has 0 spiro atoms. The van der Waals surface area contributed by atoms with Crippen molar-refractivity contribution < 1.29 is 17.7 Å². The molecule has 160 valence electrons. The van der Waals surface area contributed by atoms with E-state index in [1.165, 1.54) is 10.6 Å². The van der Waals surface area contributed by atoms with Gasteiger partial charge in [0.2, 0.25) is 10.0 Å². The van der Waals surface area contributed by atoms with E-state index in [0.717, 1.165) is 17.3 Å². The SMILES string of the molecule is CN=C(NCc1cccc(OC)c1)N1CCN(S(=O)(=O)Cc2ccon2)CC1.I. The number of guanidine groups is 1. The lowest BCUT2D eigenvalue weighted by molar-refractivity contribution is 0.259. The van der Waals surface area contributed by atoms with E-state index in [0.29, 0.717) is 38.4 Å². The Balaban J connectivity index is 0.00000300. The van der Waals surface area contributed by atoms with Crippen LogP contribution in [0.2, 0.25) is 0 Å². The molecule has 1 saturated heterocycles. The monoisotopic (exact) mass is 535 g/mol. The molecule has 0 amide bonds. The van der Waals surface area contributed by atoms with Gasteiger partial charge in [-0.2, -0.15) is 4.31 Å². The Bertz CT molecular complexity index is 897. The van der Waals surface area contributed by atoms with Crippen LogP contribution in [0.3, 0.4) is 0 Å². The number of benzene rings is 1. The fourth-order valence-electron chi connectivity index (χ4n) is 3.06. The van der Waals surface area contributed by atoms with E-state index in [9.17, 15) is 8.42 Å². The van der Waals surface area contributed by atoms with Crippen molar-refractivity contribution in [3.8, 4) is 5.75 Å². The molecule has 3 rings (SSSR count). The smallest absolute Gasteiger partial charge is 0.220 e. The fourth-order valence-corrected chi connectivity index (χ4v) is 4.49. The normalized spacial score (nSPS) is 15.7. The molecule has 11 heteroatoms. The largest absolute Gasteiger partial charge is 0.497 e. The zero-order chi connectivity index (χ0) is 20.0. The number of nitrogens with zero attached hydrogens (tertiary/aromatic N) is 4. The summed E-state index contributed by atoms with van der Waals surface area (Å²) in [4.78, 5) is 6.39. The second-order valence-electron chi connectivity index (χ2n) is 6.39. The minimum atomic E-state index is -3.42. The maximum atomic E-state index is 12.5. The highest BCUT2D eigenvalue weighted by Crippen LogP contribution is 2.14. The summed E-state index contributed by atoms with van der Waals surface area (Å²) < 4.78 is 36.5. The van der Waals surface area contributed by atoms with E-state index < -0.39 is 10.0 Å². The number of aliphatic imine (C=N–C) groups is 1. The molecule has 0 unspecified atom stereocenters. The summed E-state index contributed by atoms with van der Waals surface area (Å²) in [6, 6.07) is 9.39. The van der Waals surface area contributed by atoms with Crippen LogP contribution in [-0.2, 0) is 22.3 Å². The number of rotatable bonds is 6. The Morgan fingerprint density at radius 3 is 2.66 bits per heavy atom. The summed E-state index contributed by atoms with van der Waals surface area (Å²) in [5, 5.41) is 7.02. The number of aromatic nitrogens is 1. The van der Waals surface area contributed by atoms with Crippen LogP contribution >= 0.6 is 24.0 Å². The van der Waals surface area contributed by atoms with Gasteiger partial charge in [0.25, 0.3) is 0 Å². The zero-order valence-corrected chi connectivity index (χ0v) is 19.6. The summed E-state index contributed by atoms with van der Waals surface area (Å²) in [5.74, 6) is 1.41. The van der Waals surface area contributed by atoms with Crippen LogP contribution in [0.25, 0.3) is 0 Å². The summed E-state index contributed by atoms with van der Waals surface area (Å²) in [7, 11) is -0.0508. The third-order valence-electron chi connectivity index (χ3n) is 4.55. The molecule has 9 nitrogen and oxygen atoms in total. The molecule has 1 aromatic heterocycles. The molecule has 2 heterocycles. The first-order chi connectivity index (χ1) is 13.5. The predicted octanol–water partition coefficient (Wildman–Crippen LogP) is 1.52. The van der Waals surface area contributed by atoms with Gasteiger partial charge in [0, 0.05) is 45.8 Å². The van der Waals surface area contributed by atoms with E-state index in [1.807, 2.05) is 24.3 Å². The van der Waals surface area contributed by atoms with Gasteiger partial charge >= 0.3 is 0 Å². The van der Waals surface area contributed by atoms with E-state index >= 15 is 0 Å². The Labute approximate surface area is 188 Å². The van der Waals surface area contributed by atoms with Crippen molar-refractivity contribution in [3.63, 3.8) is 0 Å². The van der Waals surface area contributed by atoms with Crippen molar-refractivity contribution in [1.82, 2.24) is 19.7 Å². The summed E-state index contributed by atoms with van der Waals surface area (Å²) in [6.45, 7) is 2.54. The fraction of sp³-hybridized carbons (Fsp3) is 0.444. The Kier molecular flexibility index (Phi) is 8.71. The van der Waals surface area contributed by atoms with Crippen LogP contribution in [-0.4, -0.2) is 69.1 Å². The number of halogens is 1. The van der Waals surface area contributed by atoms with Gasteiger partial charge in [-0.1, -0.05) is 17.3 Å². The first-order valence-corrected chi connectivity index (χ1v) is 10.6. The van der Waals surface area contributed by atoms with E-state index in [4.69, 9.17) is 9.26 Å². The lowest BCUT2D eigenvalue weighted by Crippen LogP contribution is -2.53. The molecule has 29 heavy (non-hydrogen) atoms. The summed E-state index contributed by atoms with van der Waals surface area (Å²) >= 11 is 0. The average molecular weight is 535 g/mol. The van der Waals surface area contributed by atoms with Crippen molar-refractivity contribution in [2.75, 3.05) is 40.3 Å². The maximum Gasteiger partial charge on any atom is 0.220 e. The number of nitrogens with one attached hydrogen (secondary N) is 1. The number of hydrogen-bond acceptors (Lipinski definition) is 6. The Hall–Kier alpha value is -1.86. The lowest BCUT2D eigenvalue weighted by Gasteiger charge is -2.35. The number of ether oxygens (including phenoxy) is 1. The van der Waals surface area contributed by atoms with E-state index in [1.54, 1.807) is 20.2 Å². The highest BCUT2D eigenvalue weighted by Gasteiger charge is 2.28. The molecular formula is C18H26IN5O4S. The Morgan fingerprint density at radius 1 is 1.28 bits per heavy atom. The van der Waals surface area contributed by atoms with Crippen LogP contribution in [0.5, 0.6) is 5.75 Å². The van der Waals surface area contributed by atoms with Crippen molar-refractivity contribution in [2.45, 2.75) is 12.3 Å². The topological polar surface area (TPSA) is 100 Å². The standard InChI is InChI=1S/C18H25N5O4S.HI/c1-19-18(20-13-15-4-3-5-17(12-15)26-2)22-7-9-23(10-8-22)28(24,25)14-16-6-11-27-21-16;/h3-6,11-12H,7-10,13-14H2,1-2H3,(H,19,20);1H. The number of hydrogen-bond donors (Lipinski definition) is 1. The predicted molar refractivity (Wildman–Crippen MR) is 121 cm³/mol. The molecule has 0 aliphatic carbocycles. The van der Waals surface area contributed by atoms with Crippen LogP contribution in [0.4, 0.5) is 0 Å². The van der Waals surface area contributed by atoms with Gasteiger partial charge in [-0.3, -0.25) is 4.99 Å². The van der Waals surface area contributed by atoms with Crippen molar-refractivity contribution >= 4 is 40.0 Å². The van der Waals surface area contributed by atoms with E-state index in [2.05, 4.69) is 20.4 Å². The molecule has 0 bridgehead atoms. The van der Waals surface area contributed by atoms with E-state index in [-0.39, 0.29) is 29.7 Å². The van der Waals surface area contributed by atoms with Gasteiger partial charge in [-0.25, -0.2) is 8.42 Å². The Morgan fingerprint density at radius 2 is 2.03 bits per heavy atom. The molecule has 1 N–H and O–H groups in total. The highest BCUT2D eigenvalue weighted by atomic mass is 127. The van der Waals surface area contributed by atoms with Crippen molar-refractivity contribution in [1.29, 1.82) is 0 Å². The first kappa shape index (κ1) is 23.4. The van der Waals surface area contributed by atoms with Gasteiger partial charge in [0.05, 0.1) is 12.8 Å². The van der Waals surface area contributed by atoms with Crippen LogP contribution < -0.4 is 10.1 Å². The molecule has 1 fully saturated rings. The molecule has 0 radical (unpaired) electrons. The molecule has 1 aromatic carbocycles. The average Bonchev–Trinajstić information content (AvgIpc) is 3.21. The van der Waals surface area contributed by atoms with Gasteiger partial charge < -0.3 is 19.5 Å². The maximum absolute atomic E-state index is 12.5. The number of piperazine rings is 1. The lowest BCUT2D eigenvalue weighted by atomic mass is 10.2. The molecule has 0 atom stereocenters. The summed E-state index contributed by atoms with van der Waals surface area (Å²) in [6.07, 6.45) is 1.38. The number of sulfonamides is 1. The molecule has 1 aliphatic rings. The highest BCUT2D eigenvalue weighted by molar-refractivity contribution is 14.0. The van der Waals surface area contributed by atoms with Gasteiger partial charge in [0.1, 0.15) is 17.8 Å². The summed E-state index contributed by atoms with van der Waals surface area (Å²) in [5.41, 5.74) is 1.49. The first-order valence-electron chi connectivity index (χ1n) is 8.97. The molecule has 2 aromatic rings. The van der Waals surface area contributed by atoms with Crippen LogP contribution in [0.1, 0.15) is 11.3 Å². The molecule has 0 saturated carbocycles. The minimum absolute atomic E-state index is 0. The quantitative estimate of drug-likeness (QED) is 0.340. The van der Waals surface area contributed by atoms with Crippen LogP contribution in [0, 0.1) is 0 Å². The van der Waals surface area contributed by atoms with Gasteiger partial charge in [-0.05, 0) is 17.7 Å². The van der Waals surface area contributed by atoms with Crippen molar-refractivity contribution in [3.05, 3.63) is 47.9 Å². The zero-order valence-electron chi connectivity index (χ0n) is 16.4. The van der Waals surface area contributed by atoms with Crippen LogP contribution in [0.15, 0.2) is 46.1 Å². The molecular weight excluding hydrogens is 509 g/mol. The van der Waals surface area contributed by atoms with Gasteiger partial charge in [-0.15, -0.1) is 24.0 Å². The third kappa shape index (κ3) is 6.31. The minimum Gasteiger partial charge on any atom is -0.497 e. The second-order valence-corrected chi connectivity index (χ2v) is 8.35. The molecule has 1 aliphatic heterocycles. The second kappa shape index (κ2) is 10.8. The number of methoxy groups -OCH3 is 1. The van der Waals surface area contributed by atoms with Crippen molar-refractivity contribution in [2.24, 2.45) is 4.99 Å². The third-order valence-corrected chi connectivity index (χ3v) is 6.36.